The molecule has 0 aliphatic heterocycles. The number of pyridine rings is 1. The topological polar surface area (TPSA) is 71.3 Å². The van der Waals surface area contributed by atoms with E-state index in [0.717, 1.165) is 12.1 Å². The van der Waals surface area contributed by atoms with Crippen LogP contribution in [0.3, 0.4) is 0 Å². The molecule has 2 N–H and O–H groups in total. The molecule has 0 bridgehead atoms. The number of hydrogen-bond acceptors (Lipinski definition) is 3. The zero-order valence-electron chi connectivity index (χ0n) is 13.1. The number of carbonyl (C=O) groups is 1. The van der Waals surface area contributed by atoms with Gasteiger partial charge in [0.05, 0.1) is 5.56 Å². The summed E-state index contributed by atoms with van der Waals surface area (Å²) in [6.07, 6.45) is 0.664. The predicted octanol–water partition coefficient (Wildman–Crippen LogP) is 3.14. The number of nitrogens with one attached hydrogen (secondary N) is 1. The van der Waals surface area contributed by atoms with Crippen molar-refractivity contribution in [3.8, 4) is 0 Å². The van der Waals surface area contributed by atoms with Crippen LogP contribution in [0.5, 0.6) is 0 Å². The minimum absolute atomic E-state index is 0.161. The third kappa shape index (κ3) is 2.93. The second-order valence-corrected chi connectivity index (χ2v) is 5.50. The molecule has 2 aromatic carbocycles. The smallest absolute Gasteiger partial charge is 0.288 e. The molecule has 3 aromatic rings. The van der Waals surface area contributed by atoms with Crippen molar-refractivity contribution < 1.29 is 32.0 Å². The van der Waals surface area contributed by atoms with Gasteiger partial charge in [-0.05, 0) is 35.7 Å². The fourth-order valence-corrected chi connectivity index (χ4v) is 2.55. The summed E-state index contributed by atoms with van der Waals surface area (Å²) in [7, 11) is 0. The van der Waals surface area contributed by atoms with Gasteiger partial charge in [0.1, 0.15) is 0 Å². The van der Waals surface area contributed by atoms with Crippen LogP contribution in [-0.2, 0) is 6.05 Å². The van der Waals surface area contributed by atoms with Gasteiger partial charge in [0, 0.05) is 17.1 Å². The van der Waals surface area contributed by atoms with Gasteiger partial charge < -0.3 is 0 Å². The SMILES string of the molecule is O=C(NO)c1ccc2ccn(C(F)(F)c3ccc(F)c(F)c3F)c(=O)c2c1. The Hall–Kier alpha value is -3.27. The first-order valence-electron chi connectivity index (χ1n) is 7.30. The maximum absolute atomic E-state index is 14.7. The number of halogens is 5. The van der Waals surface area contributed by atoms with E-state index in [0.29, 0.717) is 18.3 Å². The average Bonchev–Trinajstić information content (AvgIpc) is 2.65. The Balaban J connectivity index is 2.24. The van der Waals surface area contributed by atoms with Gasteiger partial charge in [-0.15, -0.1) is 0 Å². The summed E-state index contributed by atoms with van der Waals surface area (Å²) in [5, 5.41) is 8.49. The highest BCUT2D eigenvalue weighted by atomic mass is 19.3. The minimum atomic E-state index is -4.35. The number of amides is 1. The van der Waals surface area contributed by atoms with Crippen molar-refractivity contribution >= 4 is 16.7 Å². The average molecular weight is 384 g/mol. The number of carbonyl (C=O) groups excluding carboxylic acids is 1. The van der Waals surface area contributed by atoms with Crippen LogP contribution in [0.1, 0.15) is 15.9 Å². The van der Waals surface area contributed by atoms with E-state index >= 15 is 0 Å². The highest BCUT2D eigenvalue weighted by Gasteiger charge is 2.39. The van der Waals surface area contributed by atoms with Crippen LogP contribution in [0.25, 0.3) is 10.8 Å². The first kappa shape index (κ1) is 18.5. The molecule has 0 saturated heterocycles. The Labute approximate surface area is 147 Å². The number of alkyl halides is 2. The van der Waals surface area contributed by atoms with Gasteiger partial charge in [0.25, 0.3) is 11.5 Å². The third-order valence-corrected chi connectivity index (χ3v) is 3.93. The van der Waals surface area contributed by atoms with Gasteiger partial charge in [0.15, 0.2) is 17.5 Å². The summed E-state index contributed by atoms with van der Waals surface area (Å²) in [6, 6.07) is 0.879. The normalized spacial score (nSPS) is 11.6. The molecule has 3 rings (SSSR count). The van der Waals surface area contributed by atoms with E-state index in [1.54, 1.807) is 0 Å². The number of rotatable bonds is 3. The van der Waals surface area contributed by atoms with E-state index in [4.69, 9.17) is 5.21 Å². The first-order chi connectivity index (χ1) is 12.7. The first-order valence-corrected chi connectivity index (χ1v) is 7.30. The third-order valence-electron chi connectivity index (χ3n) is 3.93. The van der Waals surface area contributed by atoms with Crippen molar-refractivity contribution in [3.63, 3.8) is 0 Å². The molecule has 5 nitrogen and oxygen atoms in total. The maximum atomic E-state index is 14.7. The molecule has 0 atom stereocenters. The second kappa shape index (κ2) is 6.47. The Kier molecular flexibility index (Phi) is 4.44. The zero-order chi connectivity index (χ0) is 19.9. The molecule has 0 aliphatic carbocycles. The van der Waals surface area contributed by atoms with Crippen molar-refractivity contribution in [2.45, 2.75) is 6.05 Å². The molecule has 27 heavy (non-hydrogen) atoms. The standard InChI is InChI=1S/C17H9F5N2O3/c18-12-4-3-11(13(19)14(12)20)17(21,22)24-6-5-8-1-2-9(15(25)23-27)7-10(8)16(24)26/h1-7,27H,(H,23,25). The van der Waals surface area contributed by atoms with E-state index in [1.165, 1.54) is 17.6 Å². The summed E-state index contributed by atoms with van der Waals surface area (Å²) in [5.74, 6) is -6.86. The molecule has 0 radical (unpaired) electrons. The Morgan fingerprint density at radius 1 is 1.04 bits per heavy atom. The highest BCUT2D eigenvalue weighted by molar-refractivity contribution is 5.97. The number of benzene rings is 2. The van der Waals surface area contributed by atoms with Crippen LogP contribution in [0.2, 0.25) is 0 Å². The molecule has 1 heterocycles. The molecular weight excluding hydrogens is 375 g/mol. The molecule has 10 heteroatoms. The Bertz CT molecular complexity index is 1130. The van der Waals surface area contributed by atoms with Crippen molar-refractivity contribution in [2.24, 2.45) is 0 Å². The summed E-state index contributed by atoms with van der Waals surface area (Å²) in [6.45, 7) is 0. The molecular formula is C17H9F5N2O3. The fourth-order valence-electron chi connectivity index (χ4n) is 2.55. The zero-order valence-corrected chi connectivity index (χ0v) is 13.1. The van der Waals surface area contributed by atoms with Crippen molar-refractivity contribution in [3.05, 3.63) is 81.5 Å². The van der Waals surface area contributed by atoms with Crippen molar-refractivity contribution in [2.75, 3.05) is 0 Å². The largest absolute Gasteiger partial charge is 0.361 e. The summed E-state index contributed by atoms with van der Waals surface area (Å²) in [4.78, 5) is 23.9. The lowest BCUT2D eigenvalue weighted by Crippen LogP contribution is -2.35. The number of aromatic nitrogens is 1. The van der Waals surface area contributed by atoms with Crippen molar-refractivity contribution in [1.29, 1.82) is 0 Å². The lowest BCUT2D eigenvalue weighted by atomic mass is 10.1. The number of hydroxylamine groups is 1. The predicted molar refractivity (Wildman–Crippen MR) is 83.1 cm³/mol. The summed E-state index contributed by atoms with van der Waals surface area (Å²) in [5.41, 5.74) is -1.71. The summed E-state index contributed by atoms with van der Waals surface area (Å²) >= 11 is 0. The highest BCUT2D eigenvalue weighted by Crippen LogP contribution is 2.32. The van der Waals surface area contributed by atoms with Crippen LogP contribution in [0.4, 0.5) is 22.0 Å². The Morgan fingerprint density at radius 3 is 2.41 bits per heavy atom. The van der Waals surface area contributed by atoms with E-state index in [9.17, 15) is 31.5 Å². The van der Waals surface area contributed by atoms with Gasteiger partial charge in [-0.3, -0.25) is 19.4 Å². The fraction of sp³-hybridized carbons (Fsp3) is 0.0588. The molecule has 1 aromatic heterocycles. The molecule has 1 amide bonds. The number of nitrogens with zero attached hydrogens (tertiary/aromatic N) is 1. The van der Waals surface area contributed by atoms with Crippen LogP contribution in [-0.4, -0.2) is 15.7 Å². The minimum Gasteiger partial charge on any atom is -0.288 e. The lowest BCUT2D eigenvalue weighted by Gasteiger charge is -2.20. The van der Waals surface area contributed by atoms with Gasteiger partial charge in [-0.1, -0.05) is 6.07 Å². The van der Waals surface area contributed by atoms with Gasteiger partial charge in [-0.2, -0.15) is 8.78 Å². The molecule has 0 fully saturated rings. The molecule has 0 aliphatic rings. The van der Waals surface area contributed by atoms with E-state index < -0.39 is 40.5 Å². The summed E-state index contributed by atoms with van der Waals surface area (Å²) < 4.78 is 69.4. The van der Waals surface area contributed by atoms with Gasteiger partial charge >= 0.3 is 6.05 Å². The molecule has 0 saturated carbocycles. The molecule has 140 valence electrons. The number of fused-ring (bicyclic) bond motifs is 1. The Morgan fingerprint density at radius 2 is 1.74 bits per heavy atom. The monoisotopic (exact) mass is 384 g/mol. The van der Waals surface area contributed by atoms with Crippen LogP contribution in [0.15, 0.2) is 47.4 Å². The van der Waals surface area contributed by atoms with Gasteiger partial charge in [0.2, 0.25) is 0 Å². The molecule has 0 spiro atoms. The van der Waals surface area contributed by atoms with Crippen molar-refractivity contribution in [1.82, 2.24) is 10.0 Å². The van der Waals surface area contributed by atoms with Gasteiger partial charge in [-0.25, -0.2) is 18.7 Å². The van der Waals surface area contributed by atoms with E-state index in [2.05, 4.69) is 0 Å². The number of hydrogen-bond donors (Lipinski definition) is 2. The van der Waals surface area contributed by atoms with Crippen LogP contribution < -0.4 is 11.0 Å². The van der Waals surface area contributed by atoms with E-state index in [-0.39, 0.29) is 20.9 Å². The molecule has 0 unspecified atom stereocenters. The van der Waals surface area contributed by atoms with E-state index in [1.807, 2.05) is 0 Å². The van der Waals surface area contributed by atoms with Crippen LogP contribution >= 0.6 is 0 Å². The maximum Gasteiger partial charge on any atom is 0.361 e. The van der Waals surface area contributed by atoms with Crippen LogP contribution in [0, 0.1) is 17.5 Å². The second-order valence-electron chi connectivity index (χ2n) is 5.50. The quantitative estimate of drug-likeness (QED) is 0.316. The lowest BCUT2D eigenvalue weighted by molar-refractivity contribution is -0.0431.